The van der Waals surface area contributed by atoms with E-state index in [0.29, 0.717) is 16.6 Å². The third-order valence-electron chi connectivity index (χ3n) is 3.15. The quantitative estimate of drug-likeness (QED) is 0.349. The fourth-order valence-corrected chi connectivity index (χ4v) is 2.10. The number of hydrogen-bond acceptors (Lipinski definition) is 7. The van der Waals surface area contributed by atoms with Gasteiger partial charge in [-0.1, -0.05) is 11.8 Å². The fraction of sp³-hybridized carbons (Fsp3) is 0.400. The Morgan fingerprint density at radius 1 is 1.56 bits per heavy atom. The van der Waals surface area contributed by atoms with Crippen LogP contribution in [0.15, 0.2) is 11.0 Å². The van der Waals surface area contributed by atoms with Crippen LogP contribution in [0.5, 0.6) is 0 Å². The molecule has 2 aromatic heterocycles. The second-order valence-electron chi connectivity index (χ2n) is 5.24. The summed E-state index contributed by atoms with van der Waals surface area (Å²) < 4.78 is 6.55. The van der Waals surface area contributed by atoms with E-state index in [1.807, 2.05) is 0 Å². The van der Waals surface area contributed by atoms with E-state index in [0.717, 1.165) is 0 Å². The number of hydrogen-bond donors (Lipinski definition) is 4. The topological polar surface area (TPSA) is 138 Å². The van der Waals surface area contributed by atoms with Crippen molar-refractivity contribution in [2.24, 2.45) is 0 Å². The van der Waals surface area contributed by atoms with Crippen molar-refractivity contribution in [1.29, 1.82) is 0 Å². The first kappa shape index (κ1) is 18.3. The van der Waals surface area contributed by atoms with E-state index in [1.54, 1.807) is 30.0 Å². The van der Waals surface area contributed by atoms with Crippen LogP contribution < -0.4 is 21.6 Å². The Labute approximate surface area is 143 Å². The molecule has 0 aliphatic carbocycles. The number of aliphatic hydroxyl groups is 1. The second kappa shape index (κ2) is 8.18. The summed E-state index contributed by atoms with van der Waals surface area (Å²) in [6.45, 7) is -0.0977. The zero-order chi connectivity index (χ0) is 18.4. The number of H-pyrrole nitrogens is 1. The number of nitrogens with zero attached hydrogens (tertiary/aromatic N) is 3. The molecule has 2 rings (SSSR count). The van der Waals surface area contributed by atoms with Crippen LogP contribution in [0.3, 0.4) is 0 Å². The molecule has 0 bridgehead atoms. The summed E-state index contributed by atoms with van der Waals surface area (Å²) in [6, 6.07) is 0. The highest BCUT2D eigenvalue weighted by Gasteiger charge is 2.14. The number of aromatic nitrogens is 3. The van der Waals surface area contributed by atoms with Crippen molar-refractivity contribution in [3.05, 3.63) is 22.1 Å². The van der Waals surface area contributed by atoms with Crippen molar-refractivity contribution in [2.75, 3.05) is 51.2 Å². The molecule has 1 amide bonds. The molecule has 0 unspecified atom stereocenters. The monoisotopic (exact) mass is 348 g/mol. The van der Waals surface area contributed by atoms with Gasteiger partial charge in [0.1, 0.15) is 12.0 Å². The number of carbonyl (C=O) groups is 1. The molecule has 0 spiro atoms. The van der Waals surface area contributed by atoms with E-state index in [-0.39, 0.29) is 43.8 Å². The average Bonchev–Trinajstić information content (AvgIpc) is 2.91. The van der Waals surface area contributed by atoms with Crippen LogP contribution in [0.4, 0.5) is 5.95 Å². The number of amides is 1. The normalized spacial score (nSPS) is 10.4. The van der Waals surface area contributed by atoms with Crippen LogP contribution in [0.25, 0.3) is 11.0 Å². The molecule has 0 radical (unpaired) electrons. The Morgan fingerprint density at radius 2 is 2.32 bits per heavy atom. The van der Waals surface area contributed by atoms with Crippen LogP contribution in [0.2, 0.25) is 0 Å². The van der Waals surface area contributed by atoms with Crippen molar-refractivity contribution >= 4 is 22.9 Å². The average molecular weight is 348 g/mol. The van der Waals surface area contributed by atoms with Crippen LogP contribution in [0, 0.1) is 11.8 Å². The van der Waals surface area contributed by atoms with Gasteiger partial charge in [0, 0.05) is 20.3 Å². The molecular weight excluding hydrogens is 328 g/mol. The Bertz CT molecular complexity index is 874. The maximum atomic E-state index is 12.2. The van der Waals surface area contributed by atoms with Crippen LogP contribution in [0.1, 0.15) is 5.56 Å². The minimum Gasteiger partial charge on any atom is -0.394 e. The Kier molecular flexibility index (Phi) is 5.99. The van der Waals surface area contributed by atoms with Crippen LogP contribution in [-0.4, -0.2) is 66.1 Å². The number of aliphatic hydroxyl groups excluding tert-OH is 1. The number of nitrogens with one attached hydrogen (secondary N) is 2. The summed E-state index contributed by atoms with van der Waals surface area (Å²) in [5.74, 6) is 5.31. The van der Waals surface area contributed by atoms with Gasteiger partial charge < -0.3 is 25.9 Å². The Hall–Kier alpha value is -3.03. The number of nitrogen functional groups attached to an aromatic ring is 1. The summed E-state index contributed by atoms with van der Waals surface area (Å²) in [5.41, 5.74) is 6.09. The predicted octanol–water partition coefficient (Wildman–Crippen LogP) is -2.02. The number of fused-ring (bicyclic) bond motifs is 1. The maximum absolute atomic E-state index is 12.2. The molecule has 0 aliphatic rings. The number of ether oxygens (including phenoxy) is 1. The molecular formula is C15H20N6O4. The smallest absolute Gasteiger partial charge is 0.263 e. The third kappa shape index (κ3) is 4.50. The Balaban J connectivity index is 2.17. The van der Waals surface area contributed by atoms with E-state index < -0.39 is 0 Å². The summed E-state index contributed by atoms with van der Waals surface area (Å²) >= 11 is 0. The Morgan fingerprint density at radius 3 is 3.00 bits per heavy atom. The van der Waals surface area contributed by atoms with Crippen molar-refractivity contribution in [3.8, 4) is 11.8 Å². The zero-order valence-electron chi connectivity index (χ0n) is 14.0. The molecule has 5 N–H and O–H groups in total. The third-order valence-corrected chi connectivity index (χ3v) is 3.15. The number of rotatable bonds is 6. The standard InChI is InChI=1S/C15H20N6O4/c1-20(2)21-8-10(12-13(21)18-15(16)19-14(12)24)4-3-5-17-11(23)9-25-7-6-22/h8,22H,5-7,9H2,1-2H3,(H,17,23)(H3,16,18,19,24). The molecule has 134 valence electrons. The lowest BCUT2D eigenvalue weighted by atomic mass is 10.2. The molecule has 0 aliphatic heterocycles. The molecule has 0 atom stereocenters. The molecule has 0 fully saturated rings. The minimum absolute atomic E-state index is 0.0216. The molecule has 10 nitrogen and oxygen atoms in total. The summed E-state index contributed by atoms with van der Waals surface area (Å²) in [6.07, 6.45) is 1.67. The first-order chi connectivity index (χ1) is 11.9. The largest absolute Gasteiger partial charge is 0.394 e. The van der Waals surface area contributed by atoms with Crippen LogP contribution in [-0.2, 0) is 9.53 Å². The fourth-order valence-electron chi connectivity index (χ4n) is 2.10. The number of carbonyl (C=O) groups excluding carboxylic acids is 1. The van der Waals surface area contributed by atoms with Gasteiger partial charge in [0.2, 0.25) is 11.9 Å². The van der Waals surface area contributed by atoms with Crippen LogP contribution >= 0.6 is 0 Å². The van der Waals surface area contributed by atoms with E-state index >= 15 is 0 Å². The van der Waals surface area contributed by atoms with E-state index in [4.69, 9.17) is 15.6 Å². The predicted molar refractivity (Wildman–Crippen MR) is 92.6 cm³/mol. The van der Waals surface area contributed by atoms with Crippen molar-refractivity contribution < 1.29 is 14.6 Å². The van der Waals surface area contributed by atoms with Gasteiger partial charge in [0.25, 0.3) is 5.56 Å². The molecule has 2 heterocycles. The van der Waals surface area contributed by atoms with E-state index in [9.17, 15) is 9.59 Å². The number of aromatic amines is 1. The zero-order valence-corrected chi connectivity index (χ0v) is 14.0. The first-order valence-corrected chi connectivity index (χ1v) is 7.46. The van der Waals surface area contributed by atoms with Crippen molar-refractivity contribution in [1.82, 2.24) is 20.0 Å². The molecule has 0 aromatic carbocycles. The van der Waals surface area contributed by atoms with Gasteiger partial charge in [0.05, 0.1) is 25.3 Å². The lowest BCUT2D eigenvalue weighted by Crippen LogP contribution is -2.28. The van der Waals surface area contributed by atoms with Crippen molar-refractivity contribution in [2.45, 2.75) is 0 Å². The lowest BCUT2D eigenvalue weighted by Gasteiger charge is -2.14. The van der Waals surface area contributed by atoms with Gasteiger partial charge in [-0.2, -0.15) is 4.98 Å². The summed E-state index contributed by atoms with van der Waals surface area (Å²) in [4.78, 5) is 30.2. The highest BCUT2D eigenvalue weighted by molar-refractivity contribution is 5.84. The van der Waals surface area contributed by atoms with Gasteiger partial charge in [0.15, 0.2) is 5.65 Å². The van der Waals surface area contributed by atoms with Gasteiger partial charge >= 0.3 is 0 Å². The highest BCUT2D eigenvalue weighted by atomic mass is 16.5. The molecule has 0 saturated carbocycles. The van der Waals surface area contributed by atoms with Gasteiger partial charge in [-0.05, 0) is 0 Å². The second-order valence-corrected chi connectivity index (χ2v) is 5.24. The number of anilines is 1. The molecule has 10 heteroatoms. The minimum atomic E-state index is -0.381. The molecule has 25 heavy (non-hydrogen) atoms. The maximum Gasteiger partial charge on any atom is 0.263 e. The highest BCUT2D eigenvalue weighted by Crippen LogP contribution is 2.15. The van der Waals surface area contributed by atoms with Gasteiger partial charge in [-0.25, -0.2) is 4.68 Å². The van der Waals surface area contributed by atoms with E-state index in [1.165, 1.54) is 0 Å². The van der Waals surface area contributed by atoms with E-state index in [2.05, 4.69) is 27.1 Å². The molecule has 2 aromatic rings. The van der Waals surface area contributed by atoms with Gasteiger partial charge in [-0.15, -0.1) is 0 Å². The summed E-state index contributed by atoms with van der Waals surface area (Å²) in [7, 11) is 3.59. The number of nitrogens with two attached hydrogens (primary N) is 1. The lowest BCUT2D eigenvalue weighted by molar-refractivity contribution is -0.125. The van der Waals surface area contributed by atoms with Crippen molar-refractivity contribution in [3.63, 3.8) is 0 Å². The molecule has 0 saturated heterocycles. The first-order valence-electron chi connectivity index (χ1n) is 7.46. The summed E-state index contributed by atoms with van der Waals surface area (Å²) in [5, 5.41) is 13.2. The van der Waals surface area contributed by atoms with Gasteiger partial charge in [-0.3, -0.25) is 14.6 Å². The SMILES string of the molecule is CN(C)n1cc(C#CCNC(=O)COCCO)c2c(=O)[nH]c(N)nc21.